The third-order valence-electron chi connectivity index (χ3n) is 2.28. The van der Waals surface area contributed by atoms with Gasteiger partial charge >= 0.3 is 0 Å². The molecule has 0 bridgehead atoms. The summed E-state index contributed by atoms with van der Waals surface area (Å²) in [6.45, 7) is 0.672. The molecule has 0 amide bonds. The Hall–Kier alpha value is -0.900. The maximum atomic E-state index is 9.93. The molecule has 0 aliphatic carbocycles. The quantitative estimate of drug-likeness (QED) is 0.662. The number of nitrogens with one attached hydrogen (secondary N) is 1. The van der Waals surface area contributed by atoms with Crippen molar-refractivity contribution in [2.24, 2.45) is 0 Å². The van der Waals surface area contributed by atoms with E-state index >= 15 is 0 Å². The van der Waals surface area contributed by atoms with Crippen LogP contribution in [0.1, 0.15) is 5.56 Å². The molecule has 70 valence electrons. The lowest BCUT2D eigenvalue weighted by molar-refractivity contribution is 0.0333. The average Bonchev–Trinajstić information content (AvgIpc) is 2.81. The van der Waals surface area contributed by atoms with Crippen LogP contribution in [0.4, 0.5) is 0 Å². The molecule has 1 fully saturated rings. The van der Waals surface area contributed by atoms with Crippen molar-refractivity contribution >= 4 is 0 Å². The number of likely N-dealkylation sites (N-methyl/N-ethyl adjacent to an activating group) is 1. The molecular formula is C10H13NO2. The molecule has 2 atom stereocenters. The van der Waals surface area contributed by atoms with Gasteiger partial charge in [-0.3, -0.25) is 0 Å². The van der Waals surface area contributed by atoms with Gasteiger partial charge in [0.05, 0.1) is 0 Å². The number of ether oxygens (including phenoxy) is 1. The monoisotopic (exact) mass is 179 g/mol. The summed E-state index contributed by atoms with van der Waals surface area (Å²) in [6.07, 6.45) is -0.111. The minimum Gasteiger partial charge on any atom is -0.360 e. The van der Waals surface area contributed by atoms with Gasteiger partial charge in [0.15, 0.2) is 0 Å². The molecule has 3 nitrogen and oxygen atoms in total. The van der Waals surface area contributed by atoms with Crippen LogP contribution in [0.15, 0.2) is 30.3 Å². The van der Waals surface area contributed by atoms with Gasteiger partial charge in [-0.05, 0) is 7.05 Å². The minimum absolute atomic E-state index is 0.111. The van der Waals surface area contributed by atoms with Crippen LogP contribution >= 0.6 is 0 Å². The van der Waals surface area contributed by atoms with Gasteiger partial charge in [0.1, 0.15) is 6.10 Å². The molecule has 1 saturated heterocycles. The van der Waals surface area contributed by atoms with E-state index in [0.29, 0.717) is 6.54 Å². The Bertz CT molecular complexity index is 288. The summed E-state index contributed by atoms with van der Waals surface area (Å²) in [7, 11) is 1.84. The molecule has 1 aromatic carbocycles. The second kappa shape index (κ2) is 3.10. The molecule has 2 N–H and O–H groups in total. The van der Waals surface area contributed by atoms with E-state index in [1.165, 1.54) is 0 Å². The van der Waals surface area contributed by atoms with E-state index in [-0.39, 0.29) is 6.10 Å². The smallest absolute Gasteiger partial charge is 0.221 e. The molecule has 1 heterocycles. The Kier molecular flexibility index (Phi) is 2.07. The number of hydrogen-bond acceptors (Lipinski definition) is 3. The zero-order valence-electron chi connectivity index (χ0n) is 7.53. The first-order valence-corrected chi connectivity index (χ1v) is 4.37. The molecule has 0 aromatic heterocycles. The molecule has 1 aromatic rings. The molecule has 3 heteroatoms. The fourth-order valence-electron chi connectivity index (χ4n) is 1.48. The Morgan fingerprint density at radius 1 is 1.46 bits per heavy atom. The maximum absolute atomic E-state index is 9.93. The van der Waals surface area contributed by atoms with Crippen LogP contribution in [-0.4, -0.2) is 24.8 Å². The van der Waals surface area contributed by atoms with E-state index in [0.717, 1.165) is 5.56 Å². The standard InChI is InChI=1S/C10H13NO2/c1-11-7-9-10(12,13-9)8-5-3-2-4-6-8/h2-6,9,11-12H,7H2,1H3. The van der Waals surface area contributed by atoms with Gasteiger partial charge in [0.2, 0.25) is 5.79 Å². The molecule has 1 aliphatic heterocycles. The van der Waals surface area contributed by atoms with E-state index < -0.39 is 5.79 Å². The Morgan fingerprint density at radius 3 is 2.77 bits per heavy atom. The summed E-state index contributed by atoms with van der Waals surface area (Å²) >= 11 is 0. The van der Waals surface area contributed by atoms with Gasteiger partial charge in [-0.25, -0.2) is 0 Å². The molecule has 1 aliphatic rings. The first-order valence-electron chi connectivity index (χ1n) is 4.37. The maximum Gasteiger partial charge on any atom is 0.221 e. The van der Waals surface area contributed by atoms with Gasteiger partial charge in [-0.1, -0.05) is 30.3 Å². The van der Waals surface area contributed by atoms with Crippen LogP contribution in [0.5, 0.6) is 0 Å². The van der Waals surface area contributed by atoms with Crippen molar-refractivity contribution in [1.82, 2.24) is 5.32 Å². The van der Waals surface area contributed by atoms with Crippen molar-refractivity contribution < 1.29 is 9.84 Å². The van der Waals surface area contributed by atoms with E-state index in [1.807, 2.05) is 37.4 Å². The highest BCUT2D eigenvalue weighted by molar-refractivity contribution is 5.25. The SMILES string of the molecule is CNCC1OC1(O)c1ccccc1. The van der Waals surface area contributed by atoms with Gasteiger partial charge in [-0.15, -0.1) is 0 Å². The van der Waals surface area contributed by atoms with Crippen molar-refractivity contribution in [1.29, 1.82) is 0 Å². The van der Waals surface area contributed by atoms with Crippen LogP contribution in [0.25, 0.3) is 0 Å². The Morgan fingerprint density at radius 2 is 2.15 bits per heavy atom. The summed E-state index contributed by atoms with van der Waals surface area (Å²) in [4.78, 5) is 0. The molecule has 13 heavy (non-hydrogen) atoms. The predicted molar refractivity (Wildman–Crippen MR) is 49.1 cm³/mol. The van der Waals surface area contributed by atoms with E-state index in [4.69, 9.17) is 4.74 Å². The largest absolute Gasteiger partial charge is 0.360 e. The highest BCUT2D eigenvalue weighted by Gasteiger charge is 2.56. The number of hydrogen-bond donors (Lipinski definition) is 2. The normalized spacial score (nSPS) is 31.7. The zero-order valence-corrected chi connectivity index (χ0v) is 7.53. The number of rotatable bonds is 3. The number of benzene rings is 1. The van der Waals surface area contributed by atoms with Gasteiger partial charge < -0.3 is 15.2 Å². The fourth-order valence-corrected chi connectivity index (χ4v) is 1.48. The molecule has 0 spiro atoms. The lowest BCUT2D eigenvalue weighted by Crippen LogP contribution is -2.21. The Balaban J connectivity index is 2.11. The van der Waals surface area contributed by atoms with Crippen LogP contribution in [0.2, 0.25) is 0 Å². The van der Waals surface area contributed by atoms with E-state index in [2.05, 4.69) is 5.32 Å². The summed E-state index contributed by atoms with van der Waals surface area (Å²) in [5.41, 5.74) is 0.829. The van der Waals surface area contributed by atoms with Crippen molar-refractivity contribution in [2.45, 2.75) is 11.9 Å². The second-order valence-corrected chi connectivity index (χ2v) is 3.23. The molecule has 0 saturated carbocycles. The zero-order chi connectivity index (χ0) is 9.31. The fraction of sp³-hybridized carbons (Fsp3) is 0.400. The summed E-state index contributed by atoms with van der Waals surface area (Å²) in [5, 5.41) is 12.9. The van der Waals surface area contributed by atoms with Crippen LogP contribution in [-0.2, 0) is 10.5 Å². The molecular weight excluding hydrogens is 166 g/mol. The Labute approximate surface area is 77.3 Å². The molecule has 2 unspecified atom stereocenters. The molecule has 2 rings (SSSR count). The third-order valence-corrected chi connectivity index (χ3v) is 2.28. The van der Waals surface area contributed by atoms with Crippen molar-refractivity contribution in [3.63, 3.8) is 0 Å². The van der Waals surface area contributed by atoms with Crippen molar-refractivity contribution in [2.75, 3.05) is 13.6 Å². The van der Waals surface area contributed by atoms with Crippen LogP contribution in [0.3, 0.4) is 0 Å². The summed E-state index contributed by atoms with van der Waals surface area (Å²) < 4.78 is 5.22. The average molecular weight is 179 g/mol. The minimum atomic E-state index is -1.05. The van der Waals surface area contributed by atoms with Crippen LogP contribution in [0, 0.1) is 0 Å². The van der Waals surface area contributed by atoms with Gasteiger partial charge in [0, 0.05) is 12.1 Å². The number of aliphatic hydroxyl groups is 1. The predicted octanol–water partition coefficient (Wildman–Crippen LogP) is 0.450. The lowest BCUT2D eigenvalue weighted by Gasteiger charge is -2.04. The highest BCUT2D eigenvalue weighted by Crippen LogP contribution is 2.42. The van der Waals surface area contributed by atoms with Crippen molar-refractivity contribution in [3.8, 4) is 0 Å². The van der Waals surface area contributed by atoms with Gasteiger partial charge in [0.25, 0.3) is 0 Å². The van der Waals surface area contributed by atoms with Gasteiger partial charge in [-0.2, -0.15) is 0 Å². The summed E-state index contributed by atoms with van der Waals surface area (Å²) in [6, 6.07) is 9.45. The first-order chi connectivity index (χ1) is 6.27. The van der Waals surface area contributed by atoms with Crippen LogP contribution < -0.4 is 5.32 Å². The van der Waals surface area contributed by atoms with E-state index in [9.17, 15) is 5.11 Å². The first kappa shape index (κ1) is 8.69. The summed E-state index contributed by atoms with van der Waals surface area (Å²) in [5.74, 6) is -1.05. The number of epoxide rings is 1. The second-order valence-electron chi connectivity index (χ2n) is 3.23. The van der Waals surface area contributed by atoms with Crippen molar-refractivity contribution in [3.05, 3.63) is 35.9 Å². The topological polar surface area (TPSA) is 44.8 Å². The lowest BCUT2D eigenvalue weighted by atomic mass is 10.1. The third kappa shape index (κ3) is 1.46. The highest BCUT2D eigenvalue weighted by atomic mass is 16.7. The van der Waals surface area contributed by atoms with E-state index in [1.54, 1.807) is 0 Å². The molecule has 0 radical (unpaired) electrons.